The molecule has 1 heterocycles. The SMILES string of the molecule is CNc1nc(C)cc(SC(C)CCO)n1. The van der Waals surface area contributed by atoms with E-state index in [1.165, 1.54) is 0 Å². The number of hydrogen-bond donors (Lipinski definition) is 2. The molecule has 1 atom stereocenters. The topological polar surface area (TPSA) is 58.0 Å². The van der Waals surface area contributed by atoms with E-state index in [-0.39, 0.29) is 6.61 Å². The molecule has 4 nitrogen and oxygen atoms in total. The van der Waals surface area contributed by atoms with E-state index in [4.69, 9.17) is 5.11 Å². The number of aryl methyl sites for hydroxylation is 1. The zero-order valence-corrected chi connectivity index (χ0v) is 10.1. The monoisotopic (exact) mass is 227 g/mol. The Bertz CT molecular complexity index is 320. The molecule has 0 saturated heterocycles. The fourth-order valence-electron chi connectivity index (χ4n) is 1.16. The predicted octanol–water partition coefficient (Wildman–Crippen LogP) is 1.69. The molecule has 0 aliphatic carbocycles. The standard InChI is InChI=1S/C10H17N3OS/c1-7-6-9(13-10(11-3)12-7)15-8(2)4-5-14/h6,8,14H,4-5H2,1-3H3,(H,11,12,13). The van der Waals surface area contributed by atoms with Crippen LogP contribution in [0, 0.1) is 6.92 Å². The second kappa shape index (κ2) is 5.92. The lowest BCUT2D eigenvalue weighted by atomic mass is 10.3. The largest absolute Gasteiger partial charge is 0.396 e. The summed E-state index contributed by atoms with van der Waals surface area (Å²) in [7, 11) is 1.81. The van der Waals surface area contributed by atoms with Gasteiger partial charge in [0.1, 0.15) is 5.03 Å². The van der Waals surface area contributed by atoms with Crippen LogP contribution >= 0.6 is 11.8 Å². The molecular weight excluding hydrogens is 210 g/mol. The minimum Gasteiger partial charge on any atom is -0.396 e. The number of anilines is 1. The maximum absolute atomic E-state index is 8.81. The molecule has 0 aliphatic heterocycles. The Morgan fingerprint density at radius 1 is 1.53 bits per heavy atom. The third kappa shape index (κ3) is 4.05. The number of thioether (sulfide) groups is 1. The van der Waals surface area contributed by atoms with E-state index in [1.54, 1.807) is 18.8 Å². The minimum absolute atomic E-state index is 0.219. The fraction of sp³-hybridized carbons (Fsp3) is 0.600. The highest BCUT2D eigenvalue weighted by Crippen LogP contribution is 2.24. The first-order chi connectivity index (χ1) is 7.15. The average molecular weight is 227 g/mol. The average Bonchev–Trinajstić information content (AvgIpc) is 2.17. The lowest BCUT2D eigenvalue weighted by molar-refractivity contribution is 0.289. The van der Waals surface area contributed by atoms with E-state index in [0.29, 0.717) is 11.2 Å². The van der Waals surface area contributed by atoms with E-state index in [2.05, 4.69) is 22.2 Å². The van der Waals surface area contributed by atoms with Gasteiger partial charge in [0, 0.05) is 24.6 Å². The number of aromatic nitrogens is 2. The van der Waals surface area contributed by atoms with Crippen LogP contribution in [0.2, 0.25) is 0 Å². The van der Waals surface area contributed by atoms with Crippen molar-refractivity contribution in [1.82, 2.24) is 9.97 Å². The molecule has 2 N–H and O–H groups in total. The molecular formula is C10H17N3OS. The van der Waals surface area contributed by atoms with Gasteiger partial charge in [-0.1, -0.05) is 6.92 Å². The molecule has 0 saturated carbocycles. The Labute approximate surface area is 94.5 Å². The molecule has 1 rings (SSSR count). The Kier molecular flexibility index (Phi) is 4.84. The van der Waals surface area contributed by atoms with Gasteiger partial charge in [0.2, 0.25) is 5.95 Å². The predicted molar refractivity (Wildman–Crippen MR) is 63.3 cm³/mol. The highest BCUT2D eigenvalue weighted by molar-refractivity contribution is 7.99. The van der Waals surface area contributed by atoms with Gasteiger partial charge < -0.3 is 10.4 Å². The Balaban J connectivity index is 2.71. The van der Waals surface area contributed by atoms with E-state index in [0.717, 1.165) is 17.1 Å². The molecule has 84 valence electrons. The van der Waals surface area contributed by atoms with Crippen LogP contribution in [-0.4, -0.2) is 34.0 Å². The van der Waals surface area contributed by atoms with Crippen molar-refractivity contribution in [3.05, 3.63) is 11.8 Å². The summed E-state index contributed by atoms with van der Waals surface area (Å²) in [6.07, 6.45) is 0.780. The molecule has 0 fully saturated rings. The summed E-state index contributed by atoms with van der Waals surface area (Å²) in [5.41, 5.74) is 0.952. The van der Waals surface area contributed by atoms with Crippen LogP contribution in [0.4, 0.5) is 5.95 Å². The van der Waals surface area contributed by atoms with Gasteiger partial charge in [0.25, 0.3) is 0 Å². The van der Waals surface area contributed by atoms with E-state index < -0.39 is 0 Å². The number of aliphatic hydroxyl groups excluding tert-OH is 1. The van der Waals surface area contributed by atoms with Crippen LogP contribution in [0.25, 0.3) is 0 Å². The van der Waals surface area contributed by atoms with Gasteiger partial charge in [-0.15, -0.1) is 11.8 Å². The molecule has 0 bridgehead atoms. The molecule has 0 radical (unpaired) electrons. The van der Waals surface area contributed by atoms with E-state index in [1.807, 2.05) is 13.0 Å². The second-order valence-electron chi connectivity index (χ2n) is 3.36. The summed E-state index contributed by atoms with van der Waals surface area (Å²) in [6, 6.07) is 1.96. The number of rotatable bonds is 5. The Morgan fingerprint density at radius 3 is 2.87 bits per heavy atom. The van der Waals surface area contributed by atoms with Gasteiger partial charge >= 0.3 is 0 Å². The molecule has 0 spiro atoms. The van der Waals surface area contributed by atoms with Crippen LogP contribution in [-0.2, 0) is 0 Å². The van der Waals surface area contributed by atoms with Crippen LogP contribution in [0.1, 0.15) is 19.0 Å². The first kappa shape index (κ1) is 12.3. The summed E-state index contributed by atoms with van der Waals surface area (Å²) in [5, 5.41) is 13.1. The van der Waals surface area contributed by atoms with Crippen LogP contribution in [0.3, 0.4) is 0 Å². The summed E-state index contributed by atoms with van der Waals surface area (Å²) >= 11 is 1.66. The molecule has 5 heteroatoms. The molecule has 1 aromatic rings. The zero-order chi connectivity index (χ0) is 11.3. The Morgan fingerprint density at radius 2 is 2.27 bits per heavy atom. The van der Waals surface area contributed by atoms with Gasteiger partial charge in [-0.2, -0.15) is 0 Å². The van der Waals surface area contributed by atoms with Crippen LogP contribution in [0.5, 0.6) is 0 Å². The number of hydrogen-bond acceptors (Lipinski definition) is 5. The van der Waals surface area contributed by atoms with Gasteiger partial charge in [-0.25, -0.2) is 9.97 Å². The smallest absolute Gasteiger partial charge is 0.223 e. The van der Waals surface area contributed by atoms with Crippen molar-refractivity contribution in [3.8, 4) is 0 Å². The van der Waals surface area contributed by atoms with Crippen molar-refractivity contribution in [2.24, 2.45) is 0 Å². The highest BCUT2D eigenvalue weighted by Gasteiger charge is 2.07. The molecule has 0 amide bonds. The summed E-state index contributed by atoms with van der Waals surface area (Å²) in [4.78, 5) is 8.55. The summed E-state index contributed by atoms with van der Waals surface area (Å²) < 4.78 is 0. The van der Waals surface area contributed by atoms with Gasteiger partial charge in [-0.05, 0) is 19.4 Å². The molecule has 1 unspecified atom stereocenters. The lowest BCUT2D eigenvalue weighted by Crippen LogP contribution is -2.03. The maximum Gasteiger partial charge on any atom is 0.223 e. The van der Waals surface area contributed by atoms with Gasteiger partial charge in [0.05, 0.1) is 0 Å². The molecule has 0 aromatic carbocycles. The highest BCUT2D eigenvalue weighted by atomic mass is 32.2. The fourth-order valence-corrected chi connectivity index (χ4v) is 2.17. The quantitative estimate of drug-likeness (QED) is 0.592. The van der Waals surface area contributed by atoms with Crippen molar-refractivity contribution in [1.29, 1.82) is 0 Å². The number of nitrogens with zero attached hydrogens (tertiary/aromatic N) is 2. The van der Waals surface area contributed by atoms with Crippen molar-refractivity contribution in [2.75, 3.05) is 19.0 Å². The maximum atomic E-state index is 8.81. The van der Waals surface area contributed by atoms with Crippen molar-refractivity contribution in [2.45, 2.75) is 30.5 Å². The van der Waals surface area contributed by atoms with Crippen LogP contribution in [0.15, 0.2) is 11.1 Å². The second-order valence-corrected chi connectivity index (χ2v) is 4.82. The van der Waals surface area contributed by atoms with Crippen molar-refractivity contribution in [3.63, 3.8) is 0 Å². The summed E-state index contributed by atoms with van der Waals surface area (Å²) in [5.74, 6) is 0.647. The van der Waals surface area contributed by atoms with Gasteiger partial charge in [-0.3, -0.25) is 0 Å². The first-order valence-electron chi connectivity index (χ1n) is 4.96. The summed E-state index contributed by atoms with van der Waals surface area (Å²) in [6.45, 7) is 4.25. The lowest BCUT2D eigenvalue weighted by Gasteiger charge is -2.09. The minimum atomic E-state index is 0.219. The zero-order valence-electron chi connectivity index (χ0n) is 9.32. The van der Waals surface area contributed by atoms with E-state index in [9.17, 15) is 0 Å². The first-order valence-corrected chi connectivity index (χ1v) is 5.84. The third-order valence-corrected chi connectivity index (χ3v) is 3.00. The normalized spacial score (nSPS) is 12.5. The molecule has 0 aliphatic rings. The van der Waals surface area contributed by atoms with E-state index >= 15 is 0 Å². The van der Waals surface area contributed by atoms with Crippen LogP contribution < -0.4 is 5.32 Å². The van der Waals surface area contributed by atoms with Gasteiger partial charge in [0.15, 0.2) is 0 Å². The number of aliphatic hydroxyl groups is 1. The van der Waals surface area contributed by atoms with Crippen molar-refractivity contribution < 1.29 is 5.11 Å². The van der Waals surface area contributed by atoms with Crippen molar-refractivity contribution >= 4 is 17.7 Å². The Hall–Kier alpha value is -0.810. The molecule has 15 heavy (non-hydrogen) atoms. The number of nitrogens with one attached hydrogen (secondary N) is 1. The third-order valence-electron chi connectivity index (χ3n) is 1.91. The molecule has 1 aromatic heterocycles.